The van der Waals surface area contributed by atoms with Crippen molar-refractivity contribution in [3.8, 4) is 0 Å². The molecular formula is C15H27N3O2. The Morgan fingerprint density at radius 1 is 1.05 bits per heavy atom. The number of hydrogen-bond donors (Lipinski definition) is 2. The van der Waals surface area contributed by atoms with Gasteiger partial charge in [0.05, 0.1) is 0 Å². The van der Waals surface area contributed by atoms with Crippen LogP contribution in [0.4, 0.5) is 0 Å². The Bertz CT molecular complexity index is 370. The lowest BCUT2D eigenvalue weighted by atomic mass is 9.99. The fourth-order valence-corrected chi connectivity index (χ4v) is 4.24. The number of carboxylic acid groups (broad SMARTS) is 1. The molecule has 3 N–H and O–H groups in total. The molecular weight excluding hydrogens is 254 g/mol. The highest BCUT2D eigenvalue weighted by Gasteiger charge is 2.45. The van der Waals surface area contributed by atoms with Gasteiger partial charge in [0, 0.05) is 25.2 Å². The van der Waals surface area contributed by atoms with Crippen LogP contribution in [-0.2, 0) is 4.79 Å². The highest BCUT2D eigenvalue weighted by molar-refractivity contribution is 5.79. The van der Waals surface area contributed by atoms with Gasteiger partial charge in [-0.2, -0.15) is 0 Å². The first kappa shape index (κ1) is 14.3. The molecule has 5 nitrogen and oxygen atoms in total. The van der Waals surface area contributed by atoms with Crippen LogP contribution in [-0.4, -0.2) is 64.7 Å². The topological polar surface area (TPSA) is 69.8 Å². The molecule has 0 aromatic carbocycles. The maximum Gasteiger partial charge on any atom is 0.323 e. The molecule has 0 aromatic rings. The predicted molar refractivity (Wildman–Crippen MR) is 77.6 cm³/mol. The molecule has 3 unspecified atom stereocenters. The van der Waals surface area contributed by atoms with Crippen molar-refractivity contribution in [3.63, 3.8) is 0 Å². The summed E-state index contributed by atoms with van der Waals surface area (Å²) in [5.41, 5.74) is 5.02. The summed E-state index contributed by atoms with van der Waals surface area (Å²) in [5.74, 6) is -0.827. The Balaban J connectivity index is 1.54. The summed E-state index contributed by atoms with van der Waals surface area (Å²) in [6, 6.07) is 1.07. The molecule has 2 heterocycles. The minimum absolute atomic E-state index is 0.380. The average molecular weight is 281 g/mol. The molecule has 1 saturated carbocycles. The predicted octanol–water partition coefficient (Wildman–Crippen LogP) is 0.881. The highest BCUT2D eigenvalue weighted by Crippen LogP contribution is 2.34. The number of hydrogen-bond acceptors (Lipinski definition) is 4. The quantitative estimate of drug-likeness (QED) is 0.804. The van der Waals surface area contributed by atoms with Gasteiger partial charge in [0.1, 0.15) is 5.54 Å². The van der Waals surface area contributed by atoms with Crippen LogP contribution in [0.1, 0.15) is 44.9 Å². The molecule has 20 heavy (non-hydrogen) atoms. The fourth-order valence-electron chi connectivity index (χ4n) is 4.24. The summed E-state index contributed by atoms with van der Waals surface area (Å²) in [7, 11) is 0. The van der Waals surface area contributed by atoms with Gasteiger partial charge >= 0.3 is 5.97 Å². The van der Waals surface area contributed by atoms with Gasteiger partial charge in [0.25, 0.3) is 0 Å². The van der Waals surface area contributed by atoms with E-state index in [2.05, 4.69) is 9.80 Å². The zero-order valence-corrected chi connectivity index (χ0v) is 12.3. The van der Waals surface area contributed by atoms with Gasteiger partial charge in [-0.25, -0.2) is 0 Å². The number of aliphatic carboxylic acids is 1. The maximum atomic E-state index is 11.2. The number of likely N-dealkylation sites (tertiary alicyclic amines) is 2. The van der Waals surface area contributed by atoms with Gasteiger partial charge in [-0.15, -0.1) is 0 Å². The third-order valence-corrected chi connectivity index (χ3v) is 5.57. The molecule has 0 amide bonds. The van der Waals surface area contributed by atoms with Crippen molar-refractivity contribution < 1.29 is 9.90 Å². The Hall–Kier alpha value is -0.650. The molecule has 3 aliphatic rings. The van der Waals surface area contributed by atoms with Crippen LogP contribution in [0, 0.1) is 0 Å². The van der Waals surface area contributed by atoms with E-state index in [1.54, 1.807) is 0 Å². The van der Waals surface area contributed by atoms with Crippen molar-refractivity contribution in [2.75, 3.05) is 26.2 Å². The SMILES string of the molecule is NC1(C(=O)O)CCC(N2CCC(N3CCCCC3)C2)C1. The molecule has 3 rings (SSSR count). The lowest BCUT2D eigenvalue weighted by Crippen LogP contribution is -2.47. The Kier molecular flexibility index (Phi) is 4.02. The number of carbonyl (C=O) groups is 1. The minimum Gasteiger partial charge on any atom is -0.480 e. The van der Waals surface area contributed by atoms with Crippen LogP contribution < -0.4 is 5.73 Å². The first-order valence-corrected chi connectivity index (χ1v) is 8.09. The van der Waals surface area contributed by atoms with Crippen LogP contribution in [0.25, 0.3) is 0 Å². The normalized spacial score (nSPS) is 40.2. The Labute approximate surface area is 121 Å². The van der Waals surface area contributed by atoms with E-state index >= 15 is 0 Å². The van der Waals surface area contributed by atoms with E-state index in [0.717, 1.165) is 19.5 Å². The minimum atomic E-state index is -0.978. The van der Waals surface area contributed by atoms with Crippen LogP contribution in [0.5, 0.6) is 0 Å². The third kappa shape index (κ3) is 2.71. The summed E-state index contributed by atoms with van der Waals surface area (Å²) in [6.45, 7) is 4.72. The van der Waals surface area contributed by atoms with E-state index in [-0.39, 0.29) is 0 Å². The van der Waals surface area contributed by atoms with Crippen molar-refractivity contribution in [2.45, 2.75) is 62.6 Å². The molecule has 2 saturated heterocycles. The van der Waals surface area contributed by atoms with Crippen molar-refractivity contribution in [1.29, 1.82) is 0 Å². The summed E-state index contributed by atoms with van der Waals surface area (Å²) in [4.78, 5) is 16.4. The summed E-state index contributed by atoms with van der Waals surface area (Å²) in [5, 5.41) is 9.24. The van der Waals surface area contributed by atoms with Crippen LogP contribution in [0.3, 0.4) is 0 Å². The van der Waals surface area contributed by atoms with E-state index < -0.39 is 11.5 Å². The Morgan fingerprint density at radius 3 is 2.45 bits per heavy atom. The number of nitrogens with zero attached hydrogens (tertiary/aromatic N) is 2. The van der Waals surface area contributed by atoms with Gasteiger partial charge in [-0.3, -0.25) is 14.6 Å². The Morgan fingerprint density at radius 2 is 1.80 bits per heavy atom. The largest absolute Gasteiger partial charge is 0.480 e. The van der Waals surface area contributed by atoms with E-state index in [0.29, 0.717) is 24.9 Å². The molecule has 114 valence electrons. The average Bonchev–Trinajstić information content (AvgIpc) is 3.07. The summed E-state index contributed by atoms with van der Waals surface area (Å²) in [6.07, 6.45) is 7.48. The highest BCUT2D eigenvalue weighted by atomic mass is 16.4. The molecule has 0 radical (unpaired) electrons. The number of carboxylic acids is 1. The zero-order chi connectivity index (χ0) is 14.2. The van der Waals surface area contributed by atoms with Crippen molar-refractivity contribution in [2.24, 2.45) is 5.73 Å². The molecule has 5 heteroatoms. The van der Waals surface area contributed by atoms with E-state index in [1.165, 1.54) is 38.8 Å². The summed E-state index contributed by atoms with van der Waals surface area (Å²) >= 11 is 0. The molecule has 0 spiro atoms. The van der Waals surface area contributed by atoms with Crippen LogP contribution >= 0.6 is 0 Å². The standard InChI is InChI=1S/C15H27N3O2/c16-15(14(19)20)6-4-12(10-15)18-9-5-13(11-18)17-7-2-1-3-8-17/h12-13H,1-11,16H2,(H,19,20). The van der Waals surface area contributed by atoms with E-state index in [1.807, 2.05) is 0 Å². The molecule has 3 fully saturated rings. The second kappa shape index (κ2) is 5.62. The van der Waals surface area contributed by atoms with Gasteiger partial charge in [0.2, 0.25) is 0 Å². The lowest BCUT2D eigenvalue weighted by molar-refractivity contribution is -0.143. The molecule has 2 aliphatic heterocycles. The van der Waals surface area contributed by atoms with Crippen molar-refractivity contribution in [3.05, 3.63) is 0 Å². The summed E-state index contributed by atoms with van der Waals surface area (Å²) < 4.78 is 0. The third-order valence-electron chi connectivity index (χ3n) is 5.57. The first-order valence-electron chi connectivity index (χ1n) is 8.09. The fraction of sp³-hybridized carbons (Fsp3) is 0.933. The molecule has 0 bridgehead atoms. The number of nitrogens with two attached hydrogens (primary N) is 1. The van der Waals surface area contributed by atoms with E-state index in [9.17, 15) is 9.90 Å². The number of piperidine rings is 1. The van der Waals surface area contributed by atoms with Gasteiger partial charge in [-0.05, 0) is 51.6 Å². The second-order valence-corrected chi connectivity index (χ2v) is 6.89. The zero-order valence-electron chi connectivity index (χ0n) is 12.3. The van der Waals surface area contributed by atoms with Gasteiger partial charge in [0.15, 0.2) is 0 Å². The first-order chi connectivity index (χ1) is 9.58. The van der Waals surface area contributed by atoms with Crippen LogP contribution in [0.2, 0.25) is 0 Å². The van der Waals surface area contributed by atoms with Gasteiger partial charge < -0.3 is 10.8 Å². The number of rotatable bonds is 3. The molecule has 0 aromatic heterocycles. The van der Waals surface area contributed by atoms with Crippen LogP contribution in [0.15, 0.2) is 0 Å². The van der Waals surface area contributed by atoms with Crippen molar-refractivity contribution in [1.82, 2.24) is 9.80 Å². The maximum absolute atomic E-state index is 11.2. The van der Waals surface area contributed by atoms with Gasteiger partial charge in [-0.1, -0.05) is 6.42 Å². The smallest absolute Gasteiger partial charge is 0.323 e. The van der Waals surface area contributed by atoms with E-state index in [4.69, 9.17) is 5.73 Å². The molecule has 1 aliphatic carbocycles. The second-order valence-electron chi connectivity index (χ2n) is 6.89. The lowest BCUT2D eigenvalue weighted by Gasteiger charge is -2.33. The molecule has 3 atom stereocenters. The monoisotopic (exact) mass is 281 g/mol. The van der Waals surface area contributed by atoms with Crippen molar-refractivity contribution >= 4 is 5.97 Å².